The maximum Gasteiger partial charge on any atom is 0.252 e. The minimum absolute atomic E-state index is 0.0618. The van der Waals surface area contributed by atoms with Crippen LogP contribution >= 0.6 is 0 Å². The molecule has 7 heteroatoms. The van der Waals surface area contributed by atoms with Crippen molar-refractivity contribution in [1.29, 1.82) is 0 Å². The Bertz CT molecular complexity index is 7240. The third kappa shape index (κ3) is 10.5. The molecule has 0 bridgehead atoms. The Kier molecular flexibility index (Phi) is 11.9. The van der Waals surface area contributed by atoms with Crippen molar-refractivity contribution in [1.82, 2.24) is 9.13 Å². The zero-order valence-electron chi connectivity index (χ0n) is 81.5. The largest absolute Gasteiger partial charge is 0.457 e. The smallest absolute Gasteiger partial charge is 0.252 e. The lowest BCUT2D eigenvalue weighted by Crippen LogP contribution is -2.61. The first-order valence-electron chi connectivity index (χ1n) is 47.1. The highest BCUT2D eigenvalue weighted by molar-refractivity contribution is 7.00. The van der Waals surface area contributed by atoms with Crippen molar-refractivity contribution in [2.75, 3.05) is 9.80 Å². The molecule has 6 nitrogen and oxygen atoms in total. The van der Waals surface area contributed by atoms with E-state index in [0.29, 0.717) is 57.1 Å². The van der Waals surface area contributed by atoms with Crippen molar-refractivity contribution in [2.45, 2.75) is 110 Å². The van der Waals surface area contributed by atoms with Gasteiger partial charge in [0, 0.05) is 89.0 Å². The van der Waals surface area contributed by atoms with E-state index in [0.717, 1.165) is 106 Å². The Hall–Kier alpha value is -12.8. The van der Waals surface area contributed by atoms with E-state index >= 15 is 0 Å². The number of para-hydroxylation sites is 9. The van der Waals surface area contributed by atoms with Crippen LogP contribution in [0.3, 0.4) is 0 Å². The van der Waals surface area contributed by atoms with Crippen LogP contribution in [-0.2, 0) is 27.1 Å². The van der Waals surface area contributed by atoms with Crippen LogP contribution < -0.4 is 35.7 Å². The second-order valence-corrected chi connectivity index (χ2v) is 34.9. The summed E-state index contributed by atoms with van der Waals surface area (Å²) in [6.45, 7) is 25.8. The zero-order chi connectivity index (χ0) is 91.6. The zero-order valence-corrected chi connectivity index (χ0v) is 65.5. The molecule has 0 N–H and O–H groups in total. The number of nitrogens with zero attached hydrogens (tertiary/aromatic N) is 4. The maximum absolute atomic E-state index is 9.95. The standard InChI is InChI=1S/C107H89BN4O2/c1-103(2,3)70-55-68(56-71(62-70)104(4,5)6)76-31-13-22-40-88(76)111-94-64-74(109-90-42-24-15-33-78(90)79-34-16-25-43-91(79)109)50-52-86(94)108-87-53-51-75(110-92-44-26-17-35-80(92)81-36-18-27-45-93(81)110)65-95(87)112(89-41-23-14-32-77(89)69-57-72(105(7,8)9)63-73(58-69)106(10,11)12)97-61-67(60-96(111)102(97)108)66-49-54-101-85(59-66)107(84-39-21-30-48-100(84)114-101)82-37-19-28-46-98(82)113-99-47-29-20-38-83(99)107/h13-65H,1-12H3/i15D,16D,17D,18D,24D,25D,26D,27D,33D,34D,35D,36D,42D,43D,44D,45D. The van der Waals surface area contributed by atoms with E-state index in [4.69, 9.17) is 15.0 Å². The first-order chi connectivity index (χ1) is 61.7. The van der Waals surface area contributed by atoms with Crippen molar-refractivity contribution in [2.24, 2.45) is 0 Å². The van der Waals surface area contributed by atoms with E-state index in [-0.39, 0.29) is 65.3 Å². The molecule has 0 radical (unpaired) electrons. The van der Waals surface area contributed by atoms with Gasteiger partial charge < -0.3 is 28.4 Å². The first-order valence-corrected chi connectivity index (χ1v) is 39.1. The van der Waals surface area contributed by atoms with Gasteiger partial charge in [-0.3, -0.25) is 0 Å². The SMILES string of the molecule is [2H]c1c([2H])c([2H])c2c(c1[2H])c1c([2H])c([2H])c([2H])c([2H])c1n2-c1ccc2c(c1)N(c1ccccc1-c1cc(C(C)(C)C)cc(C(C)(C)C)c1)c1cc(-c3ccc4c(c3)C3(c5ccccc5Oc5ccccc53)c3ccccc3O4)cc3c1B2c1ccc(-n2c4c([2H])c([2H])c([2H])c([2H])c4c4c([2H])c([2H])c([2H])c([2H])c42)cc1N3c1ccccc1-c1cc(C(C)(C)C)cc(C(C)(C)C)c1. The van der Waals surface area contributed by atoms with Gasteiger partial charge in [0.25, 0.3) is 6.71 Å². The van der Waals surface area contributed by atoms with Gasteiger partial charge in [0.1, 0.15) is 23.0 Å². The highest BCUT2D eigenvalue weighted by atomic mass is 16.5. The second-order valence-electron chi connectivity index (χ2n) is 34.9. The van der Waals surface area contributed by atoms with Gasteiger partial charge in [0.2, 0.25) is 0 Å². The van der Waals surface area contributed by atoms with E-state index in [1.54, 1.807) is 9.13 Å². The van der Waals surface area contributed by atoms with Gasteiger partial charge in [-0.15, -0.1) is 0 Å². The van der Waals surface area contributed by atoms with E-state index < -0.39 is 109 Å². The molecular weight excluding hydrogens is 1380 g/mol. The number of rotatable bonds is 7. The fraction of sp³-hybridized carbons (Fsp3) is 0.159. The summed E-state index contributed by atoms with van der Waals surface area (Å²) >= 11 is 0. The molecule has 21 rings (SSSR count). The summed E-state index contributed by atoms with van der Waals surface area (Å²) in [5.74, 6) is 2.63. The molecule has 0 saturated heterocycles. The first kappa shape index (κ1) is 53.9. The second kappa shape index (κ2) is 25.1. The molecule has 4 aliphatic heterocycles. The average molecular weight is 1490 g/mol. The quantitative estimate of drug-likeness (QED) is 0.149. The van der Waals surface area contributed by atoms with Crippen LogP contribution in [0.1, 0.15) is 150 Å². The van der Waals surface area contributed by atoms with Crippen LogP contribution in [0, 0.1) is 0 Å². The van der Waals surface area contributed by atoms with Crippen LogP contribution in [0.15, 0.2) is 321 Å². The fourth-order valence-corrected chi connectivity index (χ4v) is 18.2. The predicted molar refractivity (Wildman–Crippen MR) is 479 cm³/mol. The molecule has 15 aromatic carbocycles. The topological polar surface area (TPSA) is 34.8 Å². The number of anilines is 6. The summed E-state index contributed by atoms with van der Waals surface area (Å²) in [6, 6.07) is 69.1. The van der Waals surface area contributed by atoms with Crippen molar-refractivity contribution in [3.8, 4) is 67.8 Å². The molecule has 0 saturated carbocycles. The lowest BCUT2D eigenvalue weighted by molar-refractivity contribution is 0.399. The molecule has 0 unspecified atom stereocenters. The molecule has 2 aromatic heterocycles. The molecule has 17 aromatic rings. The van der Waals surface area contributed by atoms with E-state index in [1.807, 2.05) is 115 Å². The number of aromatic nitrogens is 2. The van der Waals surface area contributed by atoms with Crippen LogP contribution in [0.2, 0.25) is 0 Å². The third-order valence-electron chi connectivity index (χ3n) is 23.9. The van der Waals surface area contributed by atoms with Crippen LogP contribution in [0.5, 0.6) is 23.0 Å². The summed E-state index contributed by atoms with van der Waals surface area (Å²) in [4.78, 5) is 4.58. The molecule has 552 valence electrons. The highest BCUT2D eigenvalue weighted by Gasteiger charge is 2.51. The summed E-state index contributed by atoms with van der Waals surface area (Å²) in [5, 5.41) is -0.330. The Balaban J connectivity index is 0.960. The van der Waals surface area contributed by atoms with Crippen molar-refractivity contribution in [3.05, 3.63) is 366 Å². The predicted octanol–water partition coefficient (Wildman–Crippen LogP) is 26.7. The summed E-state index contributed by atoms with van der Waals surface area (Å²) < 4.78 is 170. The Morgan fingerprint density at radius 2 is 0.632 bits per heavy atom. The molecule has 6 heterocycles. The molecule has 0 aliphatic carbocycles. The van der Waals surface area contributed by atoms with E-state index in [1.165, 1.54) is 0 Å². The Morgan fingerprint density at radius 1 is 0.289 bits per heavy atom. The molecule has 0 atom stereocenters. The number of hydrogen-bond acceptors (Lipinski definition) is 4. The Morgan fingerprint density at radius 3 is 1.01 bits per heavy atom. The molecule has 114 heavy (non-hydrogen) atoms. The fourth-order valence-electron chi connectivity index (χ4n) is 18.2. The molecule has 1 spiro atoms. The lowest BCUT2D eigenvalue weighted by atomic mass is 9.33. The van der Waals surface area contributed by atoms with Gasteiger partial charge >= 0.3 is 0 Å². The lowest BCUT2D eigenvalue weighted by Gasteiger charge is -2.46. The maximum atomic E-state index is 9.95. The van der Waals surface area contributed by atoms with Gasteiger partial charge in [0.05, 0.1) is 60.8 Å². The van der Waals surface area contributed by atoms with Gasteiger partial charge in [-0.1, -0.05) is 301 Å². The molecule has 0 fully saturated rings. The van der Waals surface area contributed by atoms with Crippen LogP contribution in [0.25, 0.3) is 88.4 Å². The van der Waals surface area contributed by atoms with Gasteiger partial charge in [-0.25, -0.2) is 0 Å². The van der Waals surface area contributed by atoms with E-state index in [9.17, 15) is 16.4 Å². The third-order valence-corrected chi connectivity index (χ3v) is 23.9. The molecular formula is C107H89BN4O2. The van der Waals surface area contributed by atoms with Gasteiger partial charge in [-0.2, -0.15) is 0 Å². The van der Waals surface area contributed by atoms with E-state index in [2.05, 4.69) is 202 Å². The van der Waals surface area contributed by atoms with Crippen LogP contribution in [0.4, 0.5) is 34.1 Å². The number of fused-ring (bicyclic) bond motifs is 18. The van der Waals surface area contributed by atoms with Crippen molar-refractivity contribution >= 4 is 101 Å². The molecule has 4 aliphatic rings. The Labute approximate surface area is 691 Å². The van der Waals surface area contributed by atoms with Crippen molar-refractivity contribution < 1.29 is 31.4 Å². The van der Waals surface area contributed by atoms with Gasteiger partial charge in [-0.05, 0) is 186 Å². The number of benzene rings is 15. The normalized spacial score (nSPS) is 15.9. The monoisotopic (exact) mass is 1490 g/mol. The number of ether oxygens (including phenoxy) is 2. The van der Waals surface area contributed by atoms with Gasteiger partial charge in [0.15, 0.2) is 0 Å². The number of hydrogen-bond donors (Lipinski definition) is 0. The average Bonchev–Trinajstić information content (AvgIpc) is 0.838. The summed E-state index contributed by atoms with van der Waals surface area (Å²) in [6.07, 6.45) is 0. The van der Waals surface area contributed by atoms with Crippen LogP contribution in [-0.4, -0.2) is 15.8 Å². The highest BCUT2D eigenvalue weighted by Crippen LogP contribution is 2.63. The molecule has 0 amide bonds. The van der Waals surface area contributed by atoms with Crippen molar-refractivity contribution in [3.63, 3.8) is 0 Å². The summed E-state index contributed by atoms with van der Waals surface area (Å²) in [5.41, 5.74) is 17.1. The minimum atomic E-state index is -1.06. The summed E-state index contributed by atoms with van der Waals surface area (Å²) in [7, 11) is 0. The minimum Gasteiger partial charge on any atom is -0.457 e.